The van der Waals surface area contributed by atoms with Crippen molar-refractivity contribution in [2.24, 2.45) is 4.99 Å². The molecular formula is C7H11NO. The van der Waals surface area contributed by atoms with Crippen LogP contribution in [0.25, 0.3) is 0 Å². The van der Waals surface area contributed by atoms with Crippen molar-refractivity contribution >= 4 is 11.5 Å². The van der Waals surface area contributed by atoms with Crippen LogP contribution < -0.4 is 0 Å². The molecule has 1 unspecified atom stereocenters. The molecule has 0 saturated heterocycles. The van der Waals surface area contributed by atoms with Crippen LogP contribution in [0.5, 0.6) is 0 Å². The molecule has 1 atom stereocenters. The Kier molecular flexibility index (Phi) is 1.65. The number of Topliss-reactive ketones (excluding diaryl/α,β-unsaturated/α-hetero) is 1. The lowest BCUT2D eigenvalue weighted by Crippen LogP contribution is -2.04. The van der Waals surface area contributed by atoms with Crippen LogP contribution in [-0.2, 0) is 4.79 Å². The van der Waals surface area contributed by atoms with E-state index in [2.05, 4.69) is 4.99 Å². The number of hydrogen-bond acceptors (Lipinski definition) is 2. The van der Waals surface area contributed by atoms with Crippen molar-refractivity contribution in [2.45, 2.75) is 32.7 Å². The zero-order valence-corrected chi connectivity index (χ0v) is 5.85. The molecule has 0 saturated carbocycles. The summed E-state index contributed by atoms with van der Waals surface area (Å²) >= 11 is 0. The molecule has 0 aromatic carbocycles. The molecule has 0 aliphatic carbocycles. The Bertz CT molecular complexity index is 160. The van der Waals surface area contributed by atoms with Crippen molar-refractivity contribution in [1.29, 1.82) is 0 Å². The van der Waals surface area contributed by atoms with Crippen LogP contribution in [0.4, 0.5) is 0 Å². The Labute approximate surface area is 55.0 Å². The fourth-order valence-corrected chi connectivity index (χ4v) is 1.01. The summed E-state index contributed by atoms with van der Waals surface area (Å²) in [6, 6.07) is 0.379. The van der Waals surface area contributed by atoms with E-state index in [0.717, 1.165) is 18.6 Å². The van der Waals surface area contributed by atoms with Crippen molar-refractivity contribution in [3.63, 3.8) is 0 Å². The quantitative estimate of drug-likeness (QED) is 0.517. The van der Waals surface area contributed by atoms with Crippen LogP contribution >= 0.6 is 0 Å². The maximum absolute atomic E-state index is 10.7. The van der Waals surface area contributed by atoms with E-state index in [9.17, 15) is 4.79 Å². The molecule has 1 heterocycles. The fourth-order valence-electron chi connectivity index (χ4n) is 1.01. The standard InChI is InChI=1S/C7H11NO/c1-5-3-4-7(8-5)6(2)9/h5H,3-4H2,1-2H3. The molecule has 50 valence electrons. The molecule has 0 amide bonds. The van der Waals surface area contributed by atoms with Crippen molar-refractivity contribution in [1.82, 2.24) is 0 Å². The SMILES string of the molecule is CC(=O)C1=NC(C)CC1. The van der Waals surface area contributed by atoms with Gasteiger partial charge in [0.1, 0.15) is 0 Å². The van der Waals surface area contributed by atoms with Gasteiger partial charge in [0.05, 0.1) is 5.71 Å². The number of carbonyl (C=O) groups excluding carboxylic acids is 1. The Hall–Kier alpha value is -0.660. The van der Waals surface area contributed by atoms with Gasteiger partial charge in [0, 0.05) is 13.0 Å². The first-order valence-electron chi connectivity index (χ1n) is 3.28. The molecular weight excluding hydrogens is 114 g/mol. The van der Waals surface area contributed by atoms with E-state index >= 15 is 0 Å². The first-order valence-corrected chi connectivity index (χ1v) is 3.28. The second kappa shape index (κ2) is 2.29. The third-order valence-corrected chi connectivity index (χ3v) is 1.58. The van der Waals surface area contributed by atoms with Gasteiger partial charge in [-0.3, -0.25) is 9.79 Å². The lowest BCUT2D eigenvalue weighted by molar-refractivity contribution is -0.111. The Morgan fingerprint density at radius 2 is 2.44 bits per heavy atom. The average molecular weight is 125 g/mol. The maximum atomic E-state index is 10.7. The number of ketones is 1. The highest BCUT2D eigenvalue weighted by atomic mass is 16.1. The lowest BCUT2D eigenvalue weighted by atomic mass is 10.2. The predicted molar refractivity (Wildman–Crippen MR) is 36.8 cm³/mol. The van der Waals surface area contributed by atoms with Crippen LogP contribution in [-0.4, -0.2) is 17.5 Å². The molecule has 0 radical (unpaired) electrons. The molecule has 0 bridgehead atoms. The highest BCUT2D eigenvalue weighted by Crippen LogP contribution is 2.12. The highest BCUT2D eigenvalue weighted by Gasteiger charge is 2.15. The molecule has 2 heteroatoms. The van der Waals surface area contributed by atoms with Crippen LogP contribution in [0.3, 0.4) is 0 Å². The minimum atomic E-state index is 0.138. The number of carbonyl (C=O) groups is 1. The maximum Gasteiger partial charge on any atom is 0.173 e. The molecule has 0 fully saturated rings. The van der Waals surface area contributed by atoms with Gasteiger partial charge < -0.3 is 0 Å². The van der Waals surface area contributed by atoms with E-state index in [4.69, 9.17) is 0 Å². The molecule has 2 nitrogen and oxygen atoms in total. The Morgan fingerprint density at radius 1 is 1.78 bits per heavy atom. The second-order valence-corrected chi connectivity index (χ2v) is 2.52. The lowest BCUT2D eigenvalue weighted by Gasteiger charge is -1.89. The van der Waals surface area contributed by atoms with Gasteiger partial charge in [0.15, 0.2) is 5.78 Å². The van der Waals surface area contributed by atoms with Gasteiger partial charge in [-0.25, -0.2) is 0 Å². The Balaban J connectivity index is 2.62. The first-order chi connectivity index (χ1) is 4.20. The van der Waals surface area contributed by atoms with Gasteiger partial charge in [0.25, 0.3) is 0 Å². The fraction of sp³-hybridized carbons (Fsp3) is 0.714. The minimum Gasteiger partial charge on any atom is -0.293 e. The van der Waals surface area contributed by atoms with E-state index < -0.39 is 0 Å². The number of nitrogens with zero attached hydrogens (tertiary/aromatic N) is 1. The molecule has 0 aromatic rings. The molecule has 9 heavy (non-hydrogen) atoms. The highest BCUT2D eigenvalue weighted by molar-refractivity contribution is 6.39. The largest absolute Gasteiger partial charge is 0.293 e. The monoisotopic (exact) mass is 125 g/mol. The van der Waals surface area contributed by atoms with E-state index in [1.165, 1.54) is 0 Å². The van der Waals surface area contributed by atoms with Crippen LogP contribution in [0.1, 0.15) is 26.7 Å². The van der Waals surface area contributed by atoms with Crippen molar-refractivity contribution < 1.29 is 4.79 Å². The molecule has 0 N–H and O–H groups in total. The van der Waals surface area contributed by atoms with Gasteiger partial charge in [0.2, 0.25) is 0 Å². The van der Waals surface area contributed by atoms with Gasteiger partial charge in [-0.15, -0.1) is 0 Å². The van der Waals surface area contributed by atoms with E-state index in [1.54, 1.807) is 6.92 Å². The van der Waals surface area contributed by atoms with Crippen molar-refractivity contribution in [2.75, 3.05) is 0 Å². The van der Waals surface area contributed by atoms with E-state index in [-0.39, 0.29) is 5.78 Å². The number of aliphatic imine (C=N–C) groups is 1. The first kappa shape index (κ1) is 6.46. The third-order valence-electron chi connectivity index (χ3n) is 1.58. The summed E-state index contributed by atoms with van der Waals surface area (Å²) < 4.78 is 0. The smallest absolute Gasteiger partial charge is 0.173 e. The van der Waals surface area contributed by atoms with Gasteiger partial charge >= 0.3 is 0 Å². The summed E-state index contributed by atoms with van der Waals surface area (Å²) in [6.45, 7) is 3.62. The van der Waals surface area contributed by atoms with Crippen molar-refractivity contribution in [3.05, 3.63) is 0 Å². The zero-order chi connectivity index (χ0) is 6.85. The van der Waals surface area contributed by atoms with Crippen LogP contribution in [0.15, 0.2) is 4.99 Å². The minimum absolute atomic E-state index is 0.138. The molecule has 1 aliphatic heterocycles. The van der Waals surface area contributed by atoms with E-state index in [1.807, 2.05) is 6.92 Å². The zero-order valence-electron chi connectivity index (χ0n) is 5.85. The Morgan fingerprint density at radius 3 is 2.67 bits per heavy atom. The summed E-state index contributed by atoms with van der Waals surface area (Å²) in [4.78, 5) is 14.8. The second-order valence-electron chi connectivity index (χ2n) is 2.52. The summed E-state index contributed by atoms with van der Waals surface area (Å²) in [5.74, 6) is 0.138. The van der Waals surface area contributed by atoms with Gasteiger partial charge in [-0.2, -0.15) is 0 Å². The summed E-state index contributed by atoms with van der Waals surface area (Å²) in [6.07, 6.45) is 1.94. The summed E-state index contributed by atoms with van der Waals surface area (Å²) in [5.41, 5.74) is 0.780. The van der Waals surface area contributed by atoms with Crippen molar-refractivity contribution in [3.8, 4) is 0 Å². The summed E-state index contributed by atoms with van der Waals surface area (Å²) in [7, 11) is 0. The van der Waals surface area contributed by atoms with Gasteiger partial charge in [-0.1, -0.05) is 0 Å². The molecule has 1 rings (SSSR count). The molecule has 1 aliphatic rings. The van der Waals surface area contributed by atoms with E-state index in [0.29, 0.717) is 6.04 Å². The van der Waals surface area contributed by atoms with Crippen LogP contribution in [0, 0.1) is 0 Å². The molecule has 0 spiro atoms. The summed E-state index contributed by atoms with van der Waals surface area (Å²) in [5, 5.41) is 0. The third kappa shape index (κ3) is 1.37. The number of hydrogen-bond donors (Lipinski definition) is 0. The number of rotatable bonds is 1. The topological polar surface area (TPSA) is 29.4 Å². The molecule has 0 aromatic heterocycles. The predicted octanol–water partition coefficient (Wildman–Crippen LogP) is 1.20. The normalized spacial score (nSPS) is 26.0. The average Bonchev–Trinajstić information content (AvgIpc) is 2.14. The van der Waals surface area contributed by atoms with Gasteiger partial charge in [-0.05, 0) is 19.8 Å². The van der Waals surface area contributed by atoms with Crippen LogP contribution in [0.2, 0.25) is 0 Å².